The standard InChI is InChI=1S/C18H11N5S2/c1-2-6-12(7-3-1)14-10-16(23-17(21-14)19-11-20-23)25-18-22-13-8-4-5-9-15(13)24-18/h1-11H. The number of fused-ring (bicyclic) bond motifs is 2. The molecule has 0 amide bonds. The SMILES string of the molecule is c1ccc(-c2cc(Sc3nc4ccccc4s3)n3ncnc3n2)cc1. The molecule has 0 aliphatic heterocycles. The van der Waals surface area contributed by atoms with E-state index in [0.29, 0.717) is 5.78 Å². The van der Waals surface area contributed by atoms with Crippen molar-refractivity contribution in [3.05, 3.63) is 67.0 Å². The fourth-order valence-corrected chi connectivity index (χ4v) is 4.70. The zero-order valence-corrected chi connectivity index (χ0v) is 14.5. The summed E-state index contributed by atoms with van der Waals surface area (Å²) in [4.78, 5) is 13.6. The van der Waals surface area contributed by atoms with E-state index in [-0.39, 0.29) is 0 Å². The van der Waals surface area contributed by atoms with Crippen LogP contribution in [0, 0.1) is 0 Å². The lowest BCUT2D eigenvalue weighted by Gasteiger charge is -2.05. The number of rotatable bonds is 3. The highest BCUT2D eigenvalue weighted by Gasteiger charge is 2.13. The maximum absolute atomic E-state index is 4.70. The molecule has 25 heavy (non-hydrogen) atoms. The fraction of sp³-hybridized carbons (Fsp3) is 0. The van der Waals surface area contributed by atoms with Gasteiger partial charge in [0.15, 0.2) is 4.34 Å². The number of thiazole rings is 1. The Labute approximate surface area is 151 Å². The highest BCUT2D eigenvalue weighted by Crippen LogP contribution is 2.35. The van der Waals surface area contributed by atoms with Gasteiger partial charge in [0.25, 0.3) is 5.78 Å². The molecule has 0 saturated carbocycles. The molecular formula is C18H11N5S2. The van der Waals surface area contributed by atoms with Crippen LogP contribution in [0.4, 0.5) is 0 Å². The highest BCUT2D eigenvalue weighted by atomic mass is 32.2. The lowest BCUT2D eigenvalue weighted by Crippen LogP contribution is -1.97. The first-order chi connectivity index (χ1) is 12.4. The van der Waals surface area contributed by atoms with Gasteiger partial charge in [-0.2, -0.15) is 14.6 Å². The van der Waals surface area contributed by atoms with E-state index in [1.165, 1.54) is 11.0 Å². The molecule has 0 spiro atoms. The molecule has 3 heterocycles. The predicted molar refractivity (Wildman–Crippen MR) is 100.0 cm³/mol. The van der Waals surface area contributed by atoms with Crippen molar-refractivity contribution in [2.45, 2.75) is 9.37 Å². The Hall–Kier alpha value is -2.77. The van der Waals surface area contributed by atoms with Gasteiger partial charge >= 0.3 is 0 Å². The molecule has 0 atom stereocenters. The van der Waals surface area contributed by atoms with Crippen LogP contribution in [0.25, 0.3) is 27.3 Å². The molecular weight excluding hydrogens is 350 g/mol. The summed E-state index contributed by atoms with van der Waals surface area (Å²) in [6, 6.07) is 20.3. The monoisotopic (exact) mass is 361 g/mol. The maximum Gasteiger partial charge on any atom is 0.253 e. The molecule has 0 fully saturated rings. The average molecular weight is 361 g/mol. The third kappa shape index (κ3) is 2.67. The molecule has 0 aliphatic rings. The van der Waals surface area contributed by atoms with Crippen LogP contribution >= 0.6 is 23.1 Å². The highest BCUT2D eigenvalue weighted by molar-refractivity contribution is 8.01. The lowest BCUT2D eigenvalue weighted by molar-refractivity contribution is 0.844. The lowest BCUT2D eigenvalue weighted by atomic mass is 10.1. The van der Waals surface area contributed by atoms with Crippen molar-refractivity contribution in [3.63, 3.8) is 0 Å². The van der Waals surface area contributed by atoms with E-state index in [1.807, 2.05) is 54.6 Å². The molecule has 7 heteroatoms. The van der Waals surface area contributed by atoms with E-state index in [2.05, 4.69) is 21.1 Å². The number of hydrogen-bond donors (Lipinski definition) is 0. The van der Waals surface area contributed by atoms with Crippen LogP contribution in [0.1, 0.15) is 0 Å². The Balaban J connectivity index is 1.63. The molecule has 0 unspecified atom stereocenters. The number of aromatic nitrogens is 5. The largest absolute Gasteiger partial charge is 0.253 e. The van der Waals surface area contributed by atoms with Crippen LogP contribution in [-0.2, 0) is 0 Å². The Kier molecular flexibility index (Phi) is 3.46. The van der Waals surface area contributed by atoms with Gasteiger partial charge in [-0.1, -0.05) is 42.5 Å². The molecule has 0 aliphatic carbocycles. The van der Waals surface area contributed by atoms with Crippen molar-refractivity contribution in [1.29, 1.82) is 0 Å². The zero-order chi connectivity index (χ0) is 16.6. The number of nitrogens with zero attached hydrogens (tertiary/aromatic N) is 5. The molecule has 5 nitrogen and oxygen atoms in total. The molecule has 2 aromatic carbocycles. The smallest absolute Gasteiger partial charge is 0.229 e. The average Bonchev–Trinajstić information content (AvgIpc) is 3.28. The Morgan fingerprint density at radius 1 is 0.920 bits per heavy atom. The Bertz CT molecular complexity index is 1150. The van der Waals surface area contributed by atoms with Crippen LogP contribution in [0.3, 0.4) is 0 Å². The minimum atomic E-state index is 0.588. The van der Waals surface area contributed by atoms with Crippen LogP contribution in [0.15, 0.2) is 76.4 Å². The third-order valence-corrected chi connectivity index (χ3v) is 5.85. The zero-order valence-electron chi connectivity index (χ0n) is 12.9. The topological polar surface area (TPSA) is 56.0 Å². The summed E-state index contributed by atoms with van der Waals surface area (Å²) in [5, 5.41) is 5.25. The van der Waals surface area contributed by atoms with E-state index >= 15 is 0 Å². The molecule has 0 saturated heterocycles. The third-order valence-electron chi connectivity index (χ3n) is 3.75. The van der Waals surface area contributed by atoms with Gasteiger partial charge in [0.1, 0.15) is 11.4 Å². The van der Waals surface area contributed by atoms with Crippen LogP contribution in [-0.4, -0.2) is 24.6 Å². The second-order valence-corrected chi connectivity index (χ2v) is 7.67. The fourth-order valence-electron chi connectivity index (χ4n) is 2.60. The Morgan fingerprint density at radius 2 is 1.76 bits per heavy atom. The molecule has 0 N–H and O–H groups in total. The summed E-state index contributed by atoms with van der Waals surface area (Å²) in [6.07, 6.45) is 1.53. The van der Waals surface area contributed by atoms with E-state index in [1.54, 1.807) is 27.6 Å². The summed E-state index contributed by atoms with van der Waals surface area (Å²) in [5.74, 6) is 0.588. The molecule has 5 aromatic rings. The quantitative estimate of drug-likeness (QED) is 0.441. The van der Waals surface area contributed by atoms with Gasteiger partial charge in [0.2, 0.25) is 0 Å². The van der Waals surface area contributed by atoms with Crippen molar-refractivity contribution in [3.8, 4) is 11.3 Å². The summed E-state index contributed by atoms with van der Waals surface area (Å²) >= 11 is 3.26. The minimum Gasteiger partial charge on any atom is -0.229 e. The normalized spacial score (nSPS) is 11.4. The van der Waals surface area contributed by atoms with Gasteiger partial charge in [-0.05, 0) is 30.0 Å². The number of benzene rings is 2. The summed E-state index contributed by atoms with van der Waals surface area (Å²) in [6.45, 7) is 0. The summed E-state index contributed by atoms with van der Waals surface area (Å²) in [7, 11) is 0. The van der Waals surface area contributed by atoms with Crippen molar-refractivity contribution in [2.75, 3.05) is 0 Å². The second-order valence-electron chi connectivity index (χ2n) is 5.37. The van der Waals surface area contributed by atoms with Gasteiger partial charge < -0.3 is 0 Å². The number of hydrogen-bond acceptors (Lipinski definition) is 6. The predicted octanol–water partition coefficient (Wildman–Crippen LogP) is 4.55. The first kappa shape index (κ1) is 14.6. The van der Waals surface area contributed by atoms with Gasteiger partial charge in [-0.3, -0.25) is 0 Å². The van der Waals surface area contributed by atoms with E-state index < -0.39 is 0 Å². The van der Waals surface area contributed by atoms with Crippen LogP contribution in [0.5, 0.6) is 0 Å². The molecule has 5 rings (SSSR count). The molecule has 0 bridgehead atoms. The van der Waals surface area contributed by atoms with Crippen molar-refractivity contribution in [1.82, 2.24) is 24.6 Å². The van der Waals surface area contributed by atoms with Crippen molar-refractivity contribution >= 4 is 39.1 Å². The van der Waals surface area contributed by atoms with E-state index in [4.69, 9.17) is 4.98 Å². The van der Waals surface area contributed by atoms with Crippen LogP contribution in [0.2, 0.25) is 0 Å². The first-order valence-electron chi connectivity index (χ1n) is 7.66. The molecule has 0 radical (unpaired) electrons. The molecule has 120 valence electrons. The number of para-hydroxylation sites is 1. The van der Waals surface area contributed by atoms with Crippen LogP contribution < -0.4 is 0 Å². The molecule has 3 aromatic heterocycles. The Morgan fingerprint density at radius 3 is 2.64 bits per heavy atom. The second kappa shape index (κ2) is 5.94. The first-order valence-corrected chi connectivity index (χ1v) is 9.30. The van der Waals surface area contributed by atoms with Crippen molar-refractivity contribution in [2.24, 2.45) is 0 Å². The van der Waals surface area contributed by atoms with Gasteiger partial charge in [0.05, 0.1) is 15.9 Å². The van der Waals surface area contributed by atoms with E-state index in [9.17, 15) is 0 Å². The minimum absolute atomic E-state index is 0.588. The summed E-state index contributed by atoms with van der Waals surface area (Å²) < 4.78 is 3.91. The van der Waals surface area contributed by atoms with Crippen molar-refractivity contribution < 1.29 is 0 Å². The maximum atomic E-state index is 4.70. The summed E-state index contributed by atoms with van der Waals surface area (Å²) in [5.41, 5.74) is 2.95. The van der Waals surface area contributed by atoms with E-state index in [0.717, 1.165) is 26.1 Å². The van der Waals surface area contributed by atoms with Gasteiger partial charge in [-0.25, -0.2) is 9.97 Å². The van der Waals surface area contributed by atoms with Gasteiger partial charge in [-0.15, -0.1) is 11.3 Å². The van der Waals surface area contributed by atoms with Gasteiger partial charge in [0, 0.05) is 5.56 Å².